The van der Waals surface area contributed by atoms with E-state index in [1.54, 1.807) is 12.1 Å². The lowest BCUT2D eigenvalue weighted by Gasteiger charge is -2.24. The zero-order valence-electron chi connectivity index (χ0n) is 15.9. The Balaban J connectivity index is 1.99. The van der Waals surface area contributed by atoms with Crippen molar-refractivity contribution in [3.8, 4) is 6.07 Å². The first-order chi connectivity index (χ1) is 12.9. The van der Waals surface area contributed by atoms with Gasteiger partial charge >= 0.3 is 0 Å². The van der Waals surface area contributed by atoms with Gasteiger partial charge in [0.25, 0.3) is 0 Å². The Labute approximate surface area is 160 Å². The molecule has 0 aromatic heterocycles. The van der Waals surface area contributed by atoms with E-state index < -0.39 is 6.04 Å². The third kappa shape index (κ3) is 5.96. The summed E-state index contributed by atoms with van der Waals surface area (Å²) in [5, 5.41) is 14.7. The summed E-state index contributed by atoms with van der Waals surface area (Å²) in [7, 11) is 0. The monoisotopic (exact) mass is 363 g/mol. The van der Waals surface area contributed by atoms with E-state index in [1.807, 2.05) is 63.2 Å². The summed E-state index contributed by atoms with van der Waals surface area (Å²) >= 11 is 0. The van der Waals surface area contributed by atoms with E-state index in [-0.39, 0.29) is 30.2 Å². The molecule has 2 atom stereocenters. The Hall–Kier alpha value is -3.13. The first-order valence-corrected chi connectivity index (χ1v) is 9.04. The molecule has 0 saturated carbocycles. The van der Waals surface area contributed by atoms with Crippen LogP contribution in [0.4, 0.5) is 0 Å². The summed E-state index contributed by atoms with van der Waals surface area (Å²) < 4.78 is 0. The Morgan fingerprint density at radius 3 is 2.15 bits per heavy atom. The van der Waals surface area contributed by atoms with Crippen molar-refractivity contribution in [3.63, 3.8) is 0 Å². The van der Waals surface area contributed by atoms with Crippen LogP contribution in [-0.4, -0.2) is 17.9 Å². The number of amides is 2. The average molecular weight is 363 g/mol. The second-order valence-electron chi connectivity index (χ2n) is 6.92. The number of carbonyl (C=O) groups excluding carboxylic acids is 2. The maximum atomic E-state index is 12.7. The van der Waals surface area contributed by atoms with E-state index in [0.29, 0.717) is 5.56 Å². The minimum absolute atomic E-state index is 0.0436. The van der Waals surface area contributed by atoms with Gasteiger partial charge in [-0.05, 0) is 36.1 Å². The van der Waals surface area contributed by atoms with Gasteiger partial charge in [-0.1, -0.05) is 56.3 Å². The van der Waals surface area contributed by atoms with Gasteiger partial charge in [0.1, 0.15) is 6.04 Å². The van der Waals surface area contributed by atoms with Crippen LogP contribution in [0, 0.1) is 17.2 Å². The molecule has 2 unspecified atom stereocenters. The zero-order chi connectivity index (χ0) is 19.8. The van der Waals surface area contributed by atoms with Crippen molar-refractivity contribution in [3.05, 3.63) is 71.3 Å². The topological polar surface area (TPSA) is 82.0 Å². The maximum Gasteiger partial charge on any atom is 0.243 e. The number of nitrogens with zero attached hydrogens (tertiary/aromatic N) is 1. The lowest BCUT2D eigenvalue weighted by atomic mass is 10.0. The molecule has 140 valence electrons. The molecule has 0 radical (unpaired) electrons. The fourth-order valence-corrected chi connectivity index (χ4v) is 2.77. The van der Waals surface area contributed by atoms with Gasteiger partial charge in [-0.3, -0.25) is 9.59 Å². The summed E-state index contributed by atoms with van der Waals surface area (Å²) in [4.78, 5) is 25.0. The smallest absolute Gasteiger partial charge is 0.243 e. The van der Waals surface area contributed by atoms with Gasteiger partial charge in [-0.25, -0.2) is 0 Å². The van der Waals surface area contributed by atoms with Crippen molar-refractivity contribution in [1.82, 2.24) is 10.6 Å². The molecule has 0 bridgehead atoms. The molecular formula is C22H25N3O2. The second kappa shape index (κ2) is 9.54. The van der Waals surface area contributed by atoms with Crippen molar-refractivity contribution in [1.29, 1.82) is 5.26 Å². The Kier molecular flexibility index (Phi) is 7.13. The predicted molar refractivity (Wildman–Crippen MR) is 105 cm³/mol. The average Bonchev–Trinajstić information content (AvgIpc) is 2.66. The largest absolute Gasteiger partial charge is 0.348 e. The quantitative estimate of drug-likeness (QED) is 0.793. The summed E-state index contributed by atoms with van der Waals surface area (Å²) in [6.07, 6.45) is 0.239. The number of nitriles is 1. The van der Waals surface area contributed by atoms with Crippen molar-refractivity contribution >= 4 is 11.8 Å². The number of benzene rings is 2. The maximum absolute atomic E-state index is 12.7. The molecule has 5 heteroatoms. The van der Waals surface area contributed by atoms with Gasteiger partial charge in [0.15, 0.2) is 0 Å². The highest BCUT2D eigenvalue weighted by Crippen LogP contribution is 2.14. The standard InChI is InChI=1S/C22H25N3O2/c1-15(2)21(25-20(26)13-17-7-5-4-6-8-17)22(27)24-16(3)19-11-9-18(14-23)10-12-19/h4-12,15-16,21H,13H2,1-3H3,(H,24,27)(H,25,26). The first kappa shape index (κ1) is 20.2. The lowest BCUT2D eigenvalue weighted by molar-refractivity contribution is -0.130. The van der Waals surface area contributed by atoms with Gasteiger partial charge in [0.05, 0.1) is 24.1 Å². The van der Waals surface area contributed by atoms with Crippen molar-refractivity contribution in [2.45, 2.75) is 39.3 Å². The van der Waals surface area contributed by atoms with Crippen LogP contribution in [0.3, 0.4) is 0 Å². The third-order valence-electron chi connectivity index (χ3n) is 4.37. The van der Waals surface area contributed by atoms with E-state index in [2.05, 4.69) is 16.7 Å². The lowest BCUT2D eigenvalue weighted by Crippen LogP contribution is -2.50. The molecule has 27 heavy (non-hydrogen) atoms. The second-order valence-corrected chi connectivity index (χ2v) is 6.92. The minimum Gasteiger partial charge on any atom is -0.348 e. The molecule has 2 N–H and O–H groups in total. The Morgan fingerprint density at radius 1 is 0.963 bits per heavy atom. The number of carbonyl (C=O) groups is 2. The van der Waals surface area contributed by atoms with E-state index >= 15 is 0 Å². The summed E-state index contributed by atoms with van der Waals surface area (Å²) in [6, 6.07) is 17.8. The SMILES string of the molecule is CC(NC(=O)C(NC(=O)Cc1ccccc1)C(C)C)c1ccc(C#N)cc1. The van der Waals surface area contributed by atoms with Crippen LogP contribution in [0.15, 0.2) is 54.6 Å². The number of hydrogen-bond acceptors (Lipinski definition) is 3. The van der Waals surface area contributed by atoms with E-state index in [9.17, 15) is 9.59 Å². The molecule has 0 aliphatic rings. The van der Waals surface area contributed by atoms with Gasteiger partial charge in [0.2, 0.25) is 11.8 Å². The van der Waals surface area contributed by atoms with Crippen LogP contribution >= 0.6 is 0 Å². The molecular weight excluding hydrogens is 338 g/mol. The van der Waals surface area contributed by atoms with Gasteiger partial charge in [0, 0.05) is 0 Å². The van der Waals surface area contributed by atoms with Crippen LogP contribution in [0.2, 0.25) is 0 Å². The van der Waals surface area contributed by atoms with E-state index in [0.717, 1.165) is 11.1 Å². The molecule has 0 fully saturated rings. The summed E-state index contributed by atoms with van der Waals surface area (Å²) in [5.41, 5.74) is 2.38. The number of hydrogen-bond donors (Lipinski definition) is 2. The van der Waals surface area contributed by atoms with Crippen LogP contribution in [0.1, 0.15) is 43.5 Å². The molecule has 2 aromatic rings. The fraction of sp³-hybridized carbons (Fsp3) is 0.318. The van der Waals surface area contributed by atoms with Crippen LogP contribution in [0.5, 0.6) is 0 Å². The summed E-state index contributed by atoms with van der Waals surface area (Å²) in [6.45, 7) is 5.68. The zero-order valence-corrected chi connectivity index (χ0v) is 15.9. The first-order valence-electron chi connectivity index (χ1n) is 9.04. The number of nitrogens with one attached hydrogen (secondary N) is 2. The Bertz CT molecular complexity index is 808. The molecule has 0 saturated heterocycles. The van der Waals surface area contributed by atoms with Crippen LogP contribution in [0.25, 0.3) is 0 Å². The van der Waals surface area contributed by atoms with E-state index in [1.165, 1.54) is 0 Å². The van der Waals surface area contributed by atoms with Gasteiger partial charge < -0.3 is 10.6 Å². The predicted octanol–water partition coefficient (Wildman–Crippen LogP) is 3.12. The van der Waals surface area contributed by atoms with Crippen molar-refractivity contribution in [2.75, 3.05) is 0 Å². The molecule has 2 aromatic carbocycles. The summed E-state index contributed by atoms with van der Waals surface area (Å²) in [5.74, 6) is -0.442. The molecule has 0 aliphatic carbocycles. The van der Waals surface area contributed by atoms with E-state index in [4.69, 9.17) is 5.26 Å². The van der Waals surface area contributed by atoms with Gasteiger partial charge in [-0.2, -0.15) is 5.26 Å². The minimum atomic E-state index is -0.609. The molecule has 0 spiro atoms. The molecule has 2 amide bonds. The molecule has 2 rings (SSSR count). The highest BCUT2D eigenvalue weighted by Gasteiger charge is 2.25. The molecule has 0 aliphatic heterocycles. The molecule has 5 nitrogen and oxygen atoms in total. The van der Waals surface area contributed by atoms with Crippen molar-refractivity contribution in [2.24, 2.45) is 5.92 Å². The normalized spacial score (nSPS) is 12.7. The number of rotatable bonds is 7. The Morgan fingerprint density at radius 2 is 1.59 bits per heavy atom. The van der Waals surface area contributed by atoms with Crippen LogP contribution in [-0.2, 0) is 16.0 Å². The highest BCUT2D eigenvalue weighted by atomic mass is 16.2. The van der Waals surface area contributed by atoms with Crippen LogP contribution < -0.4 is 10.6 Å². The highest BCUT2D eigenvalue weighted by molar-refractivity contribution is 5.88. The van der Waals surface area contributed by atoms with Gasteiger partial charge in [-0.15, -0.1) is 0 Å². The van der Waals surface area contributed by atoms with Crippen molar-refractivity contribution < 1.29 is 9.59 Å². The fourth-order valence-electron chi connectivity index (χ4n) is 2.77. The molecule has 0 heterocycles. The third-order valence-corrected chi connectivity index (χ3v) is 4.37.